The number of allylic oxidation sites excluding steroid dienone is 5. The summed E-state index contributed by atoms with van der Waals surface area (Å²) in [7, 11) is 0. The maximum atomic E-state index is 2.30. The van der Waals surface area contributed by atoms with Crippen molar-refractivity contribution in [2.24, 2.45) is 5.92 Å². The van der Waals surface area contributed by atoms with E-state index in [0.29, 0.717) is 5.92 Å². The van der Waals surface area contributed by atoms with E-state index in [-0.39, 0.29) is 0 Å². The van der Waals surface area contributed by atoms with Crippen molar-refractivity contribution in [3.8, 4) is 0 Å². The lowest BCUT2D eigenvalue weighted by atomic mass is 10.0. The number of hydrogen-bond acceptors (Lipinski definition) is 0. The highest BCUT2D eigenvalue weighted by molar-refractivity contribution is 5.50. The fourth-order valence-corrected chi connectivity index (χ4v) is 1.84. The maximum absolute atomic E-state index is 2.30. The highest BCUT2D eigenvalue weighted by Crippen LogP contribution is 2.16. The van der Waals surface area contributed by atoms with Crippen LogP contribution in [0.5, 0.6) is 0 Å². The van der Waals surface area contributed by atoms with Crippen LogP contribution < -0.4 is 0 Å². The van der Waals surface area contributed by atoms with Crippen molar-refractivity contribution in [2.75, 3.05) is 0 Å². The Hall–Kier alpha value is -1.56. The van der Waals surface area contributed by atoms with Crippen molar-refractivity contribution in [3.63, 3.8) is 0 Å². The second-order valence-electron chi connectivity index (χ2n) is 4.32. The van der Waals surface area contributed by atoms with Crippen molar-refractivity contribution >= 4 is 6.08 Å². The lowest BCUT2D eigenvalue weighted by Crippen LogP contribution is -1.89. The molecular formula is C16H18. The van der Waals surface area contributed by atoms with Gasteiger partial charge in [-0.05, 0) is 31.2 Å². The molecule has 1 atom stereocenters. The van der Waals surface area contributed by atoms with Gasteiger partial charge >= 0.3 is 0 Å². The van der Waals surface area contributed by atoms with Crippen molar-refractivity contribution in [1.29, 1.82) is 0 Å². The van der Waals surface area contributed by atoms with Crippen LogP contribution in [-0.2, 0) is 0 Å². The van der Waals surface area contributed by atoms with Gasteiger partial charge in [0.2, 0.25) is 0 Å². The Kier molecular flexibility index (Phi) is 3.76. The summed E-state index contributed by atoms with van der Waals surface area (Å²) >= 11 is 0. The smallest absolute Gasteiger partial charge is 0.00441 e. The van der Waals surface area contributed by atoms with Gasteiger partial charge in [-0.1, -0.05) is 66.3 Å². The normalized spacial score (nSPS) is 20.2. The zero-order chi connectivity index (χ0) is 11.2. The molecule has 0 saturated heterocycles. The minimum absolute atomic E-state index is 0.580. The van der Waals surface area contributed by atoms with Gasteiger partial charge in [-0.15, -0.1) is 0 Å². The van der Waals surface area contributed by atoms with Gasteiger partial charge in [0.25, 0.3) is 0 Å². The van der Waals surface area contributed by atoms with Gasteiger partial charge in [-0.25, -0.2) is 0 Å². The first-order valence-corrected chi connectivity index (χ1v) is 5.93. The van der Waals surface area contributed by atoms with E-state index in [1.807, 2.05) is 0 Å². The first-order chi connectivity index (χ1) is 7.84. The van der Waals surface area contributed by atoms with Crippen molar-refractivity contribution < 1.29 is 0 Å². The van der Waals surface area contributed by atoms with E-state index in [1.165, 1.54) is 24.0 Å². The Morgan fingerprint density at radius 2 is 1.94 bits per heavy atom. The lowest BCUT2D eigenvalue weighted by molar-refractivity contribution is 0.730. The first-order valence-electron chi connectivity index (χ1n) is 5.93. The summed E-state index contributed by atoms with van der Waals surface area (Å²) in [6, 6.07) is 8.66. The third-order valence-corrected chi connectivity index (χ3v) is 2.89. The van der Waals surface area contributed by atoms with Crippen LogP contribution in [0.25, 0.3) is 6.08 Å². The zero-order valence-electron chi connectivity index (χ0n) is 9.77. The summed E-state index contributed by atoms with van der Waals surface area (Å²) < 4.78 is 0. The van der Waals surface area contributed by atoms with Crippen LogP contribution in [0.1, 0.15) is 24.0 Å². The molecule has 0 spiro atoms. The summed E-state index contributed by atoms with van der Waals surface area (Å²) in [6.07, 6.45) is 15.7. The van der Waals surface area contributed by atoms with Gasteiger partial charge in [0.05, 0.1) is 0 Å². The monoisotopic (exact) mass is 210 g/mol. The van der Waals surface area contributed by atoms with Crippen LogP contribution in [0, 0.1) is 12.8 Å². The molecule has 1 aromatic carbocycles. The third kappa shape index (κ3) is 3.23. The molecule has 82 valence electrons. The predicted octanol–water partition coefficient (Wildman–Crippen LogP) is 4.53. The van der Waals surface area contributed by atoms with E-state index in [0.717, 1.165) is 0 Å². The molecule has 0 fully saturated rings. The van der Waals surface area contributed by atoms with Crippen LogP contribution in [0.3, 0.4) is 0 Å². The molecular weight excluding hydrogens is 192 g/mol. The number of benzene rings is 1. The second kappa shape index (κ2) is 5.50. The molecule has 0 nitrogen and oxygen atoms in total. The van der Waals surface area contributed by atoms with Gasteiger partial charge in [0.1, 0.15) is 0 Å². The summed E-state index contributed by atoms with van der Waals surface area (Å²) in [5, 5.41) is 0. The van der Waals surface area contributed by atoms with E-state index in [1.54, 1.807) is 0 Å². The number of hydrogen-bond donors (Lipinski definition) is 0. The van der Waals surface area contributed by atoms with Crippen LogP contribution in [0.15, 0.2) is 54.6 Å². The van der Waals surface area contributed by atoms with E-state index in [9.17, 15) is 0 Å². The summed E-state index contributed by atoms with van der Waals surface area (Å²) in [5.41, 5.74) is 2.60. The molecule has 1 unspecified atom stereocenters. The Labute approximate surface area is 98.0 Å². The minimum atomic E-state index is 0.580. The molecule has 1 aromatic rings. The molecule has 2 rings (SSSR count). The molecule has 16 heavy (non-hydrogen) atoms. The fraction of sp³-hybridized carbons (Fsp3) is 0.250. The SMILES string of the molecule is Cc1ccc(/C=C/C2C=CC=CCC2)cc1. The summed E-state index contributed by atoms with van der Waals surface area (Å²) in [5.74, 6) is 0.580. The highest BCUT2D eigenvalue weighted by Gasteiger charge is 2.00. The summed E-state index contributed by atoms with van der Waals surface area (Å²) in [4.78, 5) is 0. The van der Waals surface area contributed by atoms with E-state index in [4.69, 9.17) is 0 Å². The first kappa shape index (κ1) is 10.9. The summed E-state index contributed by atoms with van der Waals surface area (Å²) in [6.45, 7) is 2.12. The molecule has 0 radical (unpaired) electrons. The predicted molar refractivity (Wildman–Crippen MR) is 71.2 cm³/mol. The van der Waals surface area contributed by atoms with E-state index >= 15 is 0 Å². The quantitative estimate of drug-likeness (QED) is 0.672. The van der Waals surface area contributed by atoms with Gasteiger partial charge in [0, 0.05) is 0 Å². The van der Waals surface area contributed by atoms with Crippen LogP contribution >= 0.6 is 0 Å². The van der Waals surface area contributed by atoms with E-state index < -0.39 is 0 Å². The minimum Gasteiger partial charge on any atom is -0.0845 e. The second-order valence-corrected chi connectivity index (χ2v) is 4.32. The fourth-order valence-electron chi connectivity index (χ4n) is 1.84. The molecule has 0 aliphatic heterocycles. The molecule has 0 heteroatoms. The molecule has 0 amide bonds. The zero-order valence-corrected chi connectivity index (χ0v) is 9.77. The molecule has 0 aromatic heterocycles. The van der Waals surface area contributed by atoms with Crippen molar-refractivity contribution in [3.05, 3.63) is 65.8 Å². The highest BCUT2D eigenvalue weighted by atomic mass is 14.0. The number of aryl methyl sites for hydroxylation is 1. The van der Waals surface area contributed by atoms with Gasteiger partial charge in [-0.3, -0.25) is 0 Å². The van der Waals surface area contributed by atoms with Crippen molar-refractivity contribution in [1.82, 2.24) is 0 Å². The Morgan fingerprint density at radius 1 is 1.12 bits per heavy atom. The van der Waals surface area contributed by atoms with E-state index in [2.05, 4.69) is 67.6 Å². The topological polar surface area (TPSA) is 0 Å². The largest absolute Gasteiger partial charge is 0.0845 e. The molecule has 0 saturated carbocycles. The van der Waals surface area contributed by atoms with Gasteiger partial charge in [0.15, 0.2) is 0 Å². The maximum Gasteiger partial charge on any atom is -0.00441 e. The standard InChI is InChI=1S/C16H18/c1-14-8-10-16(11-9-14)13-12-15-6-4-2-3-5-7-15/h2-4,6,8-13,15H,5,7H2,1H3/b13-12+. The van der Waals surface area contributed by atoms with Crippen molar-refractivity contribution in [2.45, 2.75) is 19.8 Å². The Morgan fingerprint density at radius 3 is 2.75 bits per heavy atom. The average molecular weight is 210 g/mol. The van der Waals surface area contributed by atoms with Crippen LogP contribution in [0.2, 0.25) is 0 Å². The Balaban J connectivity index is 2.00. The Bertz CT molecular complexity index is 404. The molecule has 0 N–H and O–H groups in total. The molecule has 1 aliphatic carbocycles. The molecule has 0 bridgehead atoms. The van der Waals surface area contributed by atoms with Gasteiger partial charge in [-0.2, -0.15) is 0 Å². The molecule has 1 aliphatic rings. The lowest BCUT2D eigenvalue weighted by Gasteiger charge is -2.03. The average Bonchev–Trinajstić information content (AvgIpc) is 2.57. The molecule has 0 heterocycles. The van der Waals surface area contributed by atoms with Crippen LogP contribution in [-0.4, -0.2) is 0 Å². The number of rotatable bonds is 2. The van der Waals surface area contributed by atoms with Crippen LogP contribution in [0.4, 0.5) is 0 Å². The van der Waals surface area contributed by atoms with Gasteiger partial charge < -0.3 is 0 Å². The third-order valence-electron chi connectivity index (χ3n) is 2.89.